The number of methoxy groups -OCH3 is 1. The molecule has 2 nitrogen and oxygen atoms in total. The minimum atomic E-state index is 0.500. The molecule has 1 aromatic rings. The summed E-state index contributed by atoms with van der Waals surface area (Å²) in [7, 11) is 1.75. The molecule has 1 N–H and O–H groups in total. The van der Waals surface area contributed by atoms with E-state index in [-0.39, 0.29) is 0 Å². The van der Waals surface area contributed by atoms with Crippen molar-refractivity contribution in [3.63, 3.8) is 0 Å². The molecule has 18 heavy (non-hydrogen) atoms. The molecule has 0 saturated heterocycles. The molecule has 1 unspecified atom stereocenters. The van der Waals surface area contributed by atoms with Crippen LogP contribution in [0.25, 0.3) is 0 Å². The maximum Gasteiger partial charge on any atom is 0.122 e. The van der Waals surface area contributed by atoms with Gasteiger partial charge in [0.05, 0.1) is 7.11 Å². The van der Waals surface area contributed by atoms with E-state index >= 15 is 0 Å². The highest BCUT2D eigenvalue weighted by Crippen LogP contribution is 2.31. The van der Waals surface area contributed by atoms with Crippen LogP contribution in [0.1, 0.15) is 39.2 Å². The normalized spacial score (nSPS) is 13.1. The number of hydrogen-bond donors (Lipinski definition) is 1. The average Bonchev–Trinajstić information content (AvgIpc) is 2.34. The molecule has 0 aliphatic rings. The van der Waals surface area contributed by atoms with E-state index in [1.165, 1.54) is 5.56 Å². The lowest BCUT2D eigenvalue weighted by Gasteiger charge is -2.24. The lowest BCUT2D eigenvalue weighted by Crippen LogP contribution is -2.28. The van der Waals surface area contributed by atoms with E-state index in [2.05, 4.69) is 45.1 Å². The SMILES string of the molecule is COc1ccccc1C(CNCC(C)C)C(C)C. The fourth-order valence-corrected chi connectivity index (χ4v) is 2.21. The Balaban J connectivity index is 2.77. The van der Waals surface area contributed by atoms with Crippen molar-refractivity contribution in [1.29, 1.82) is 0 Å². The third-order valence-electron chi connectivity index (χ3n) is 3.26. The molecule has 1 rings (SSSR count). The van der Waals surface area contributed by atoms with Crippen molar-refractivity contribution >= 4 is 0 Å². The van der Waals surface area contributed by atoms with Crippen molar-refractivity contribution in [2.24, 2.45) is 11.8 Å². The van der Waals surface area contributed by atoms with Crippen molar-refractivity contribution in [3.05, 3.63) is 29.8 Å². The summed E-state index contributed by atoms with van der Waals surface area (Å²) in [6, 6.07) is 8.35. The van der Waals surface area contributed by atoms with Gasteiger partial charge in [-0.2, -0.15) is 0 Å². The van der Waals surface area contributed by atoms with Gasteiger partial charge in [0.25, 0.3) is 0 Å². The summed E-state index contributed by atoms with van der Waals surface area (Å²) >= 11 is 0. The predicted molar refractivity (Wildman–Crippen MR) is 78.3 cm³/mol. The van der Waals surface area contributed by atoms with Crippen LogP contribution >= 0.6 is 0 Å². The van der Waals surface area contributed by atoms with Crippen molar-refractivity contribution < 1.29 is 4.74 Å². The van der Waals surface area contributed by atoms with E-state index in [4.69, 9.17) is 4.74 Å². The average molecular weight is 249 g/mol. The second kappa shape index (κ2) is 7.42. The molecule has 0 heterocycles. The molecule has 0 aromatic heterocycles. The summed E-state index contributed by atoms with van der Waals surface area (Å²) in [4.78, 5) is 0. The highest BCUT2D eigenvalue weighted by molar-refractivity contribution is 5.36. The van der Waals surface area contributed by atoms with E-state index in [0.717, 1.165) is 18.8 Å². The Hall–Kier alpha value is -1.02. The molecule has 0 spiro atoms. The minimum Gasteiger partial charge on any atom is -0.496 e. The number of para-hydroxylation sites is 1. The van der Waals surface area contributed by atoms with E-state index in [1.54, 1.807) is 7.11 Å². The molecule has 0 aliphatic carbocycles. The van der Waals surface area contributed by atoms with Gasteiger partial charge in [-0.3, -0.25) is 0 Å². The quantitative estimate of drug-likeness (QED) is 0.796. The van der Waals surface area contributed by atoms with Gasteiger partial charge < -0.3 is 10.1 Å². The lowest BCUT2D eigenvalue weighted by molar-refractivity contribution is 0.386. The molecule has 0 bridgehead atoms. The maximum absolute atomic E-state index is 5.48. The summed E-state index contributed by atoms with van der Waals surface area (Å²) < 4.78 is 5.48. The van der Waals surface area contributed by atoms with Gasteiger partial charge in [0.2, 0.25) is 0 Å². The fraction of sp³-hybridized carbons (Fsp3) is 0.625. The smallest absolute Gasteiger partial charge is 0.122 e. The zero-order valence-electron chi connectivity index (χ0n) is 12.4. The first-order valence-electron chi connectivity index (χ1n) is 6.89. The van der Waals surface area contributed by atoms with Crippen LogP contribution in [0.15, 0.2) is 24.3 Å². The van der Waals surface area contributed by atoms with Crippen LogP contribution in [-0.2, 0) is 0 Å². The first-order valence-corrected chi connectivity index (χ1v) is 6.89. The Morgan fingerprint density at radius 2 is 1.72 bits per heavy atom. The Bertz CT molecular complexity index is 347. The molecule has 0 aliphatic heterocycles. The Kier molecular flexibility index (Phi) is 6.20. The van der Waals surface area contributed by atoms with E-state index in [9.17, 15) is 0 Å². The molecule has 1 atom stereocenters. The largest absolute Gasteiger partial charge is 0.496 e. The molecule has 0 radical (unpaired) electrons. The summed E-state index contributed by atoms with van der Waals surface area (Å²) in [6.45, 7) is 11.1. The molecule has 0 saturated carbocycles. The van der Waals surface area contributed by atoms with Gasteiger partial charge in [0.1, 0.15) is 5.75 Å². The number of rotatable bonds is 7. The minimum absolute atomic E-state index is 0.500. The van der Waals surface area contributed by atoms with Gasteiger partial charge >= 0.3 is 0 Å². The van der Waals surface area contributed by atoms with Crippen LogP contribution in [0, 0.1) is 11.8 Å². The molecule has 1 aromatic carbocycles. The number of hydrogen-bond acceptors (Lipinski definition) is 2. The fourth-order valence-electron chi connectivity index (χ4n) is 2.21. The van der Waals surface area contributed by atoms with Crippen molar-refractivity contribution in [3.8, 4) is 5.75 Å². The number of benzene rings is 1. The Labute approximate surface area is 112 Å². The molecular formula is C16H27NO. The van der Waals surface area contributed by atoms with Gasteiger partial charge in [-0.15, -0.1) is 0 Å². The van der Waals surface area contributed by atoms with E-state index < -0.39 is 0 Å². The third kappa shape index (κ3) is 4.34. The lowest BCUT2D eigenvalue weighted by atomic mass is 9.87. The summed E-state index contributed by atoms with van der Waals surface area (Å²) in [5.41, 5.74) is 1.31. The van der Waals surface area contributed by atoms with Gasteiger partial charge in [0.15, 0.2) is 0 Å². The molecular weight excluding hydrogens is 222 g/mol. The van der Waals surface area contributed by atoms with Crippen LogP contribution in [0.5, 0.6) is 5.75 Å². The zero-order chi connectivity index (χ0) is 13.5. The molecule has 0 amide bonds. The van der Waals surface area contributed by atoms with Crippen LogP contribution in [0.3, 0.4) is 0 Å². The second-order valence-electron chi connectivity index (χ2n) is 5.64. The predicted octanol–water partition coefficient (Wildman–Crippen LogP) is 3.68. The Morgan fingerprint density at radius 3 is 2.28 bits per heavy atom. The third-order valence-corrected chi connectivity index (χ3v) is 3.26. The highest BCUT2D eigenvalue weighted by atomic mass is 16.5. The second-order valence-corrected chi connectivity index (χ2v) is 5.64. The number of nitrogens with one attached hydrogen (secondary N) is 1. The van der Waals surface area contributed by atoms with Crippen LogP contribution < -0.4 is 10.1 Å². The standard InChI is InChI=1S/C16H27NO/c1-12(2)10-17-11-15(13(3)4)14-8-6-7-9-16(14)18-5/h6-9,12-13,15,17H,10-11H2,1-5H3. The maximum atomic E-state index is 5.48. The first kappa shape index (κ1) is 15.0. The van der Waals surface area contributed by atoms with Crippen LogP contribution in [0.4, 0.5) is 0 Å². The topological polar surface area (TPSA) is 21.3 Å². The number of ether oxygens (including phenoxy) is 1. The van der Waals surface area contributed by atoms with Crippen LogP contribution in [-0.4, -0.2) is 20.2 Å². The molecule has 2 heteroatoms. The van der Waals surface area contributed by atoms with Gasteiger partial charge in [-0.1, -0.05) is 45.9 Å². The summed E-state index contributed by atoms with van der Waals surface area (Å²) in [5.74, 6) is 2.79. The molecule has 0 fully saturated rings. The van der Waals surface area contributed by atoms with Crippen LogP contribution in [0.2, 0.25) is 0 Å². The van der Waals surface area contributed by atoms with Crippen molar-refractivity contribution in [2.45, 2.75) is 33.6 Å². The van der Waals surface area contributed by atoms with Gasteiger partial charge in [-0.25, -0.2) is 0 Å². The van der Waals surface area contributed by atoms with E-state index in [0.29, 0.717) is 17.8 Å². The van der Waals surface area contributed by atoms with Crippen molar-refractivity contribution in [1.82, 2.24) is 5.32 Å². The summed E-state index contributed by atoms with van der Waals surface area (Å²) in [5, 5.41) is 3.56. The first-order chi connectivity index (χ1) is 8.56. The van der Waals surface area contributed by atoms with Gasteiger partial charge in [0, 0.05) is 12.5 Å². The van der Waals surface area contributed by atoms with Gasteiger partial charge in [-0.05, 0) is 30.0 Å². The summed E-state index contributed by atoms with van der Waals surface area (Å²) in [6.07, 6.45) is 0. The Morgan fingerprint density at radius 1 is 1.06 bits per heavy atom. The zero-order valence-corrected chi connectivity index (χ0v) is 12.4. The highest BCUT2D eigenvalue weighted by Gasteiger charge is 2.19. The molecule has 102 valence electrons. The van der Waals surface area contributed by atoms with Crippen molar-refractivity contribution in [2.75, 3.05) is 20.2 Å². The van der Waals surface area contributed by atoms with E-state index in [1.807, 2.05) is 12.1 Å². The monoisotopic (exact) mass is 249 g/mol.